The van der Waals surface area contributed by atoms with Gasteiger partial charge in [0.25, 0.3) is 0 Å². The molecule has 0 aliphatic carbocycles. The summed E-state index contributed by atoms with van der Waals surface area (Å²) in [5.74, 6) is 0. The summed E-state index contributed by atoms with van der Waals surface area (Å²) in [6.07, 6.45) is 6.12. The maximum absolute atomic E-state index is 5.06. The topological polar surface area (TPSA) is 21.8 Å². The highest BCUT2D eigenvalue weighted by Gasteiger charge is 2.21. The number of ether oxygens (including phenoxy) is 2. The first-order valence-electron chi connectivity index (χ1n) is 4.22. The van der Waals surface area contributed by atoms with Gasteiger partial charge in [0.05, 0.1) is 19.8 Å². The van der Waals surface area contributed by atoms with Gasteiger partial charge in [-0.15, -0.1) is 6.58 Å². The van der Waals surface area contributed by atoms with Crippen LogP contribution >= 0.6 is 0 Å². The number of hydrogen-bond acceptors (Lipinski definition) is 2. The fourth-order valence-corrected chi connectivity index (χ4v) is 0.447. The van der Waals surface area contributed by atoms with Crippen LogP contribution in [-0.4, -0.2) is 25.9 Å². The number of allylic oxidation sites excluding steroid dienone is 2. The van der Waals surface area contributed by atoms with Crippen molar-refractivity contribution in [2.75, 3.05) is 19.8 Å². The number of rotatable bonds is 4. The number of hydrogen-bond donors (Lipinski definition) is 0. The van der Waals surface area contributed by atoms with E-state index in [1.807, 2.05) is 26.0 Å². The third-order valence-electron chi connectivity index (χ3n) is 1.28. The summed E-state index contributed by atoms with van der Waals surface area (Å²) in [4.78, 5) is 0. The minimum absolute atomic E-state index is 0.384. The van der Waals surface area contributed by atoms with E-state index in [0.29, 0.717) is 12.7 Å². The van der Waals surface area contributed by atoms with Crippen LogP contribution in [0.4, 0.5) is 0 Å². The van der Waals surface area contributed by atoms with E-state index in [-0.39, 0.29) is 0 Å². The van der Waals surface area contributed by atoms with Crippen LogP contribution in [0.3, 0.4) is 0 Å². The lowest BCUT2D eigenvalue weighted by molar-refractivity contribution is 0.141. The van der Waals surface area contributed by atoms with Crippen molar-refractivity contribution in [2.24, 2.45) is 0 Å². The molecular formula is C10H18O2. The van der Waals surface area contributed by atoms with Crippen molar-refractivity contribution >= 4 is 0 Å². The summed E-state index contributed by atoms with van der Waals surface area (Å²) in [5.41, 5.74) is 0. The molecule has 0 aromatic rings. The molecule has 12 heavy (non-hydrogen) atoms. The Morgan fingerprint density at radius 1 is 1.50 bits per heavy atom. The maximum Gasteiger partial charge on any atom is 0.104 e. The summed E-state index contributed by atoms with van der Waals surface area (Å²) >= 11 is 0. The van der Waals surface area contributed by atoms with E-state index >= 15 is 0 Å². The van der Waals surface area contributed by atoms with Gasteiger partial charge in [0.15, 0.2) is 0 Å². The molecule has 0 aromatic heterocycles. The van der Waals surface area contributed by atoms with Gasteiger partial charge < -0.3 is 9.47 Å². The predicted molar refractivity (Wildman–Crippen MR) is 51.2 cm³/mol. The van der Waals surface area contributed by atoms with Gasteiger partial charge in [-0.1, -0.05) is 18.2 Å². The Labute approximate surface area is 74.9 Å². The first-order chi connectivity index (χ1) is 5.85. The van der Waals surface area contributed by atoms with E-state index in [1.165, 1.54) is 0 Å². The first kappa shape index (κ1) is 11.4. The standard InChI is InChI=1S/C6H10O2.C4H8/c1-2-3-7-4-6-5-8-6;1-3-4-2/h2,6H,1,3-5H2;3-4H,1-2H3. The summed E-state index contributed by atoms with van der Waals surface area (Å²) in [6.45, 7) is 9.75. The minimum Gasteiger partial charge on any atom is -0.375 e. The average Bonchev–Trinajstić information content (AvgIpc) is 2.89. The van der Waals surface area contributed by atoms with Gasteiger partial charge in [-0.05, 0) is 13.8 Å². The molecule has 0 saturated carbocycles. The Morgan fingerprint density at radius 3 is 2.42 bits per heavy atom. The summed E-state index contributed by atoms with van der Waals surface area (Å²) in [7, 11) is 0. The van der Waals surface area contributed by atoms with Crippen LogP contribution in [-0.2, 0) is 9.47 Å². The zero-order valence-corrected chi connectivity index (χ0v) is 7.95. The lowest BCUT2D eigenvalue weighted by Crippen LogP contribution is -2.00. The van der Waals surface area contributed by atoms with Crippen molar-refractivity contribution in [1.29, 1.82) is 0 Å². The van der Waals surface area contributed by atoms with E-state index in [0.717, 1.165) is 13.2 Å². The van der Waals surface area contributed by atoms with E-state index in [9.17, 15) is 0 Å². The molecule has 0 aromatic carbocycles. The Hall–Kier alpha value is -0.600. The Bertz CT molecular complexity index is 122. The van der Waals surface area contributed by atoms with Gasteiger partial charge >= 0.3 is 0 Å². The maximum atomic E-state index is 5.06. The highest BCUT2D eigenvalue weighted by molar-refractivity contribution is 4.70. The fourth-order valence-electron chi connectivity index (χ4n) is 0.447. The largest absolute Gasteiger partial charge is 0.375 e. The van der Waals surface area contributed by atoms with Crippen LogP contribution in [0.1, 0.15) is 13.8 Å². The van der Waals surface area contributed by atoms with E-state index in [1.54, 1.807) is 6.08 Å². The van der Waals surface area contributed by atoms with Crippen molar-refractivity contribution in [3.8, 4) is 0 Å². The highest BCUT2D eigenvalue weighted by Crippen LogP contribution is 2.07. The Morgan fingerprint density at radius 2 is 2.08 bits per heavy atom. The van der Waals surface area contributed by atoms with Gasteiger partial charge in [0, 0.05) is 0 Å². The summed E-state index contributed by atoms with van der Waals surface area (Å²) in [6, 6.07) is 0. The zero-order chi connectivity index (χ0) is 9.23. The second-order valence-corrected chi connectivity index (χ2v) is 2.45. The molecule has 0 amide bonds. The Kier molecular flexibility index (Phi) is 8.07. The molecule has 1 aliphatic rings. The van der Waals surface area contributed by atoms with Crippen molar-refractivity contribution < 1.29 is 9.47 Å². The van der Waals surface area contributed by atoms with Gasteiger partial charge in [-0.25, -0.2) is 0 Å². The van der Waals surface area contributed by atoms with Crippen LogP contribution in [0.15, 0.2) is 24.8 Å². The van der Waals surface area contributed by atoms with E-state index in [4.69, 9.17) is 9.47 Å². The molecular weight excluding hydrogens is 152 g/mol. The van der Waals surface area contributed by atoms with Crippen molar-refractivity contribution in [3.05, 3.63) is 24.8 Å². The molecule has 0 N–H and O–H groups in total. The van der Waals surface area contributed by atoms with Crippen molar-refractivity contribution in [3.63, 3.8) is 0 Å². The van der Waals surface area contributed by atoms with Crippen LogP contribution in [0.5, 0.6) is 0 Å². The molecule has 70 valence electrons. The molecule has 1 saturated heterocycles. The molecule has 1 aliphatic heterocycles. The lowest BCUT2D eigenvalue weighted by Gasteiger charge is -1.92. The predicted octanol–water partition coefficient (Wildman–Crippen LogP) is 2.17. The zero-order valence-electron chi connectivity index (χ0n) is 7.95. The Balaban J connectivity index is 0.000000261. The van der Waals surface area contributed by atoms with Gasteiger partial charge in [0.2, 0.25) is 0 Å². The SMILES string of the molecule is C=CCOCC1CO1.CC=CC. The van der Waals surface area contributed by atoms with Gasteiger partial charge in [-0.2, -0.15) is 0 Å². The number of epoxide rings is 1. The molecule has 0 radical (unpaired) electrons. The molecule has 2 heteroatoms. The molecule has 1 unspecified atom stereocenters. The summed E-state index contributed by atoms with van der Waals surface area (Å²) < 4.78 is 9.96. The molecule has 1 atom stereocenters. The van der Waals surface area contributed by atoms with Crippen LogP contribution < -0.4 is 0 Å². The molecule has 0 spiro atoms. The highest BCUT2D eigenvalue weighted by atomic mass is 16.6. The van der Waals surface area contributed by atoms with Gasteiger partial charge in [-0.3, -0.25) is 0 Å². The fraction of sp³-hybridized carbons (Fsp3) is 0.600. The van der Waals surface area contributed by atoms with Crippen LogP contribution in [0.2, 0.25) is 0 Å². The summed E-state index contributed by atoms with van der Waals surface area (Å²) in [5, 5.41) is 0. The van der Waals surface area contributed by atoms with Crippen LogP contribution in [0, 0.1) is 0 Å². The normalized spacial score (nSPS) is 20.0. The second-order valence-electron chi connectivity index (χ2n) is 2.45. The van der Waals surface area contributed by atoms with E-state index in [2.05, 4.69) is 6.58 Å². The van der Waals surface area contributed by atoms with Crippen LogP contribution in [0.25, 0.3) is 0 Å². The quantitative estimate of drug-likeness (QED) is 0.366. The minimum atomic E-state index is 0.384. The lowest BCUT2D eigenvalue weighted by atomic mass is 10.5. The monoisotopic (exact) mass is 170 g/mol. The molecule has 2 nitrogen and oxygen atoms in total. The van der Waals surface area contributed by atoms with Gasteiger partial charge in [0.1, 0.15) is 6.10 Å². The van der Waals surface area contributed by atoms with Crippen molar-refractivity contribution in [2.45, 2.75) is 20.0 Å². The molecule has 1 fully saturated rings. The average molecular weight is 170 g/mol. The third-order valence-corrected chi connectivity index (χ3v) is 1.28. The molecule has 1 heterocycles. The van der Waals surface area contributed by atoms with Crippen molar-refractivity contribution in [1.82, 2.24) is 0 Å². The first-order valence-corrected chi connectivity index (χ1v) is 4.22. The second kappa shape index (κ2) is 8.50. The third kappa shape index (κ3) is 9.40. The molecule has 0 bridgehead atoms. The smallest absolute Gasteiger partial charge is 0.104 e. The van der Waals surface area contributed by atoms with E-state index < -0.39 is 0 Å². The molecule has 1 rings (SSSR count).